The molecule has 114 valence electrons. The molecule has 0 saturated carbocycles. The van der Waals surface area contributed by atoms with Crippen molar-refractivity contribution in [3.05, 3.63) is 17.8 Å². The lowest BCUT2D eigenvalue weighted by Crippen LogP contribution is -2.44. The van der Waals surface area contributed by atoms with Crippen LogP contribution in [0.5, 0.6) is 5.75 Å². The second-order valence-electron chi connectivity index (χ2n) is 5.06. The predicted molar refractivity (Wildman–Crippen MR) is 76.5 cm³/mol. The van der Waals surface area contributed by atoms with Gasteiger partial charge in [-0.1, -0.05) is 0 Å². The van der Waals surface area contributed by atoms with E-state index in [4.69, 9.17) is 9.84 Å². The van der Waals surface area contributed by atoms with Gasteiger partial charge in [-0.3, -0.25) is 10.1 Å². The summed E-state index contributed by atoms with van der Waals surface area (Å²) in [5.41, 5.74) is 0.758. The number of ether oxygens (including phenoxy) is 1. The third kappa shape index (κ3) is 3.62. The molecule has 2 rings (SSSR count). The number of methoxy groups -OCH3 is 1. The number of aliphatic carboxylic acids is 1. The van der Waals surface area contributed by atoms with Crippen molar-refractivity contribution in [1.29, 1.82) is 0 Å². The predicted octanol–water partition coefficient (Wildman–Crippen LogP) is 1.73. The molecule has 1 atom stereocenters. The molecule has 2 N–H and O–H groups in total. The van der Waals surface area contributed by atoms with E-state index < -0.39 is 11.9 Å². The molecule has 2 heterocycles. The zero-order chi connectivity index (χ0) is 15.4. The fourth-order valence-electron chi connectivity index (χ4n) is 2.34. The Hall–Kier alpha value is -2.31. The molecule has 1 aliphatic heterocycles. The van der Waals surface area contributed by atoms with Crippen LogP contribution in [0.1, 0.15) is 18.5 Å². The molecule has 1 aliphatic rings. The van der Waals surface area contributed by atoms with Crippen LogP contribution in [0.4, 0.5) is 10.6 Å². The summed E-state index contributed by atoms with van der Waals surface area (Å²) in [6, 6.07) is 3.17. The molecule has 0 spiro atoms. The molecule has 1 aromatic rings. The minimum atomic E-state index is -0.862. The lowest BCUT2D eigenvalue weighted by Gasteiger charge is -2.30. The molecule has 1 unspecified atom stereocenters. The number of urea groups is 1. The van der Waals surface area contributed by atoms with Gasteiger partial charge in [-0.25, -0.2) is 9.78 Å². The number of hydrogen-bond acceptors (Lipinski definition) is 4. The molecule has 0 aromatic carbocycles. The number of anilines is 1. The summed E-state index contributed by atoms with van der Waals surface area (Å²) in [6.45, 7) is 2.58. The molecule has 7 heteroatoms. The zero-order valence-corrected chi connectivity index (χ0v) is 12.1. The molecule has 1 aromatic heterocycles. The van der Waals surface area contributed by atoms with Crippen LogP contribution in [0.2, 0.25) is 0 Å². The van der Waals surface area contributed by atoms with Crippen molar-refractivity contribution in [2.45, 2.75) is 19.8 Å². The summed E-state index contributed by atoms with van der Waals surface area (Å²) < 4.78 is 5.16. The van der Waals surface area contributed by atoms with Crippen LogP contribution in [0.15, 0.2) is 12.1 Å². The maximum absolute atomic E-state index is 12.2. The summed E-state index contributed by atoms with van der Waals surface area (Å²) in [5, 5.41) is 11.7. The number of rotatable bonds is 3. The summed E-state index contributed by atoms with van der Waals surface area (Å²) in [7, 11) is 1.50. The average Bonchev–Trinajstić information content (AvgIpc) is 2.47. The average molecular weight is 293 g/mol. The smallest absolute Gasteiger partial charge is 0.323 e. The van der Waals surface area contributed by atoms with Gasteiger partial charge in [0.1, 0.15) is 0 Å². The molecule has 21 heavy (non-hydrogen) atoms. The second-order valence-corrected chi connectivity index (χ2v) is 5.06. The van der Waals surface area contributed by atoms with Crippen LogP contribution in [0.3, 0.4) is 0 Å². The number of nitrogens with zero attached hydrogens (tertiary/aromatic N) is 2. The standard InChI is InChI=1S/C14H19N3O4/c1-9-5-6-11(21-2)12(15-9)16-14(20)17-7-3-4-10(8-17)13(18)19/h5-6,10H,3-4,7-8H2,1-2H3,(H,18,19)(H,15,16,20). The van der Waals surface area contributed by atoms with Crippen LogP contribution in [0.25, 0.3) is 0 Å². The van der Waals surface area contributed by atoms with Gasteiger partial charge in [0.2, 0.25) is 0 Å². The van der Waals surface area contributed by atoms with Crippen molar-refractivity contribution in [1.82, 2.24) is 9.88 Å². The SMILES string of the molecule is COc1ccc(C)nc1NC(=O)N1CCCC(C(=O)O)C1. The van der Waals surface area contributed by atoms with Crippen LogP contribution in [-0.4, -0.2) is 47.2 Å². The maximum atomic E-state index is 12.2. The van der Waals surface area contributed by atoms with E-state index in [9.17, 15) is 9.59 Å². The van der Waals surface area contributed by atoms with Gasteiger partial charge < -0.3 is 14.7 Å². The van der Waals surface area contributed by atoms with Crippen molar-refractivity contribution in [2.24, 2.45) is 5.92 Å². The van der Waals surface area contributed by atoms with E-state index in [0.717, 1.165) is 5.69 Å². The fraction of sp³-hybridized carbons (Fsp3) is 0.500. The van der Waals surface area contributed by atoms with Crippen molar-refractivity contribution >= 4 is 17.8 Å². The van der Waals surface area contributed by atoms with E-state index >= 15 is 0 Å². The number of piperidine rings is 1. The number of aromatic nitrogens is 1. The van der Waals surface area contributed by atoms with E-state index in [-0.39, 0.29) is 12.6 Å². The topological polar surface area (TPSA) is 91.8 Å². The Balaban J connectivity index is 2.07. The van der Waals surface area contributed by atoms with Crippen LogP contribution in [0, 0.1) is 12.8 Å². The first kappa shape index (κ1) is 15.1. The summed E-state index contributed by atoms with van der Waals surface area (Å²) in [6.07, 6.45) is 1.29. The normalized spacial score (nSPS) is 18.2. The minimum Gasteiger partial charge on any atom is -0.493 e. The number of aryl methyl sites for hydroxylation is 1. The third-order valence-electron chi connectivity index (χ3n) is 3.50. The highest BCUT2D eigenvalue weighted by Gasteiger charge is 2.28. The first-order chi connectivity index (χ1) is 10.0. The lowest BCUT2D eigenvalue weighted by atomic mass is 9.99. The Morgan fingerprint density at radius 3 is 2.90 bits per heavy atom. The van der Waals surface area contributed by atoms with Crippen molar-refractivity contribution < 1.29 is 19.4 Å². The number of likely N-dealkylation sites (tertiary alicyclic amines) is 1. The Labute approximate surface area is 122 Å². The van der Waals surface area contributed by atoms with Gasteiger partial charge in [-0.2, -0.15) is 0 Å². The van der Waals surface area contributed by atoms with Gasteiger partial charge in [-0.05, 0) is 31.9 Å². The quantitative estimate of drug-likeness (QED) is 0.885. The maximum Gasteiger partial charge on any atom is 0.323 e. The number of carboxylic acids is 1. The highest BCUT2D eigenvalue weighted by molar-refractivity contribution is 5.90. The van der Waals surface area contributed by atoms with Gasteiger partial charge in [0.25, 0.3) is 0 Å². The number of carbonyl (C=O) groups excluding carboxylic acids is 1. The van der Waals surface area contributed by atoms with Gasteiger partial charge in [0.05, 0.1) is 13.0 Å². The summed E-state index contributed by atoms with van der Waals surface area (Å²) >= 11 is 0. The molecule has 1 saturated heterocycles. The molecule has 7 nitrogen and oxygen atoms in total. The van der Waals surface area contributed by atoms with E-state index in [2.05, 4.69) is 10.3 Å². The molecular weight excluding hydrogens is 274 g/mol. The van der Waals surface area contributed by atoms with Gasteiger partial charge in [0, 0.05) is 18.8 Å². The van der Waals surface area contributed by atoms with E-state index in [1.54, 1.807) is 12.1 Å². The lowest BCUT2D eigenvalue weighted by molar-refractivity contribution is -0.143. The molecular formula is C14H19N3O4. The minimum absolute atomic E-state index is 0.218. The third-order valence-corrected chi connectivity index (χ3v) is 3.50. The van der Waals surface area contributed by atoms with Crippen LogP contribution >= 0.6 is 0 Å². The highest BCUT2D eigenvalue weighted by Crippen LogP contribution is 2.23. The number of pyridine rings is 1. The Morgan fingerprint density at radius 2 is 2.24 bits per heavy atom. The van der Waals surface area contributed by atoms with Crippen LogP contribution < -0.4 is 10.1 Å². The Bertz CT molecular complexity index is 547. The summed E-state index contributed by atoms with van der Waals surface area (Å²) in [5.74, 6) is -0.545. The zero-order valence-electron chi connectivity index (χ0n) is 12.1. The fourth-order valence-corrected chi connectivity index (χ4v) is 2.34. The first-order valence-corrected chi connectivity index (χ1v) is 6.81. The van der Waals surface area contributed by atoms with Crippen molar-refractivity contribution in [2.75, 3.05) is 25.5 Å². The first-order valence-electron chi connectivity index (χ1n) is 6.81. The second kappa shape index (κ2) is 6.43. The van der Waals surface area contributed by atoms with Crippen LogP contribution in [-0.2, 0) is 4.79 Å². The van der Waals surface area contributed by atoms with E-state index in [1.165, 1.54) is 12.0 Å². The number of nitrogens with one attached hydrogen (secondary N) is 1. The molecule has 0 bridgehead atoms. The van der Waals surface area contributed by atoms with Crippen molar-refractivity contribution in [3.8, 4) is 5.75 Å². The summed E-state index contributed by atoms with van der Waals surface area (Å²) in [4.78, 5) is 29.0. The van der Waals surface area contributed by atoms with Gasteiger partial charge in [-0.15, -0.1) is 0 Å². The Morgan fingerprint density at radius 1 is 1.48 bits per heavy atom. The monoisotopic (exact) mass is 293 g/mol. The van der Waals surface area contributed by atoms with Crippen molar-refractivity contribution in [3.63, 3.8) is 0 Å². The number of carbonyl (C=O) groups is 2. The van der Waals surface area contributed by atoms with E-state index in [1.807, 2.05) is 6.92 Å². The van der Waals surface area contributed by atoms with E-state index in [0.29, 0.717) is 31.0 Å². The largest absolute Gasteiger partial charge is 0.493 e. The molecule has 2 amide bonds. The molecule has 0 aliphatic carbocycles. The van der Waals surface area contributed by atoms with Gasteiger partial charge >= 0.3 is 12.0 Å². The number of hydrogen-bond donors (Lipinski definition) is 2. The van der Waals surface area contributed by atoms with Gasteiger partial charge in [0.15, 0.2) is 11.6 Å². The molecule has 0 radical (unpaired) electrons. The number of amides is 2. The highest BCUT2D eigenvalue weighted by atomic mass is 16.5. The number of carboxylic acid groups (broad SMARTS) is 1. The molecule has 1 fully saturated rings. The Kier molecular flexibility index (Phi) is 4.62.